The van der Waals surface area contributed by atoms with Crippen LogP contribution in [0.3, 0.4) is 0 Å². The van der Waals surface area contributed by atoms with Gasteiger partial charge in [-0.05, 0) is 37.5 Å². The van der Waals surface area contributed by atoms with E-state index in [0.717, 1.165) is 32.3 Å². The molecule has 2 heterocycles. The lowest BCUT2D eigenvalue weighted by atomic mass is 9.91. The van der Waals surface area contributed by atoms with Crippen molar-refractivity contribution in [1.82, 2.24) is 0 Å². The molecule has 3 nitrogen and oxygen atoms in total. The number of ether oxygens (including phenoxy) is 2. The predicted molar refractivity (Wildman–Crippen MR) is 68.9 cm³/mol. The number of rotatable bonds is 6. The predicted octanol–water partition coefficient (Wildman–Crippen LogP) is 2.34. The van der Waals surface area contributed by atoms with Gasteiger partial charge in [-0.1, -0.05) is 19.3 Å². The molecule has 0 aromatic rings. The van der Waals surface area contributed by atoms with Crippen molar-refractivity contribution >= 4 is 0 Å². The molecule has 0 spiro atoms. The van der Waals surface area contributed by atoms with E-state index in [2.05, 4.69) is 0 Å². The van der Waals surface area contributed by atoms with Crippen LogP contribution in [0.5, 0.6) is 0 Å². The summed E-state index contributed by atoms with van der Waals surface area (Å²) < 4.78 is 10.8. The molecule has 2 rings (SSSR count). The fraction of sp³-hybridized carbons (Fsp3) is 1.00. The molecule has 100 valence electrons. The zero-order chi connectivity index (χ0) is 11.9. The Labute approximate surface area is 105 Å². The first-order chi connectivity index (χ1) is 8.36. The minimum absolute atomic E-state index is 0.368. The Balaban J connectivity index is 1.50. The van der Waals surface area contributed by atoms with Gasteiger partial charge >= 0.3 is 0 Å². The van der Waals surface area contributed by atoms with Gasteiger partial charge in [0, 0.05) is 25.9 Å². The van der Waals surface area contributed by atoms with Crippen LogP contribution in [0.1, 0.15) is 44.9 Å². The van der Waals surface area contributed by atoms with Crippen molar-refractivity contribution in [3.63, 3.8) is 0 Å². The quantitative estimate of drug-likeness (QED) is 0.726. The van der Waals surface area contributed by atoms with Gasteiger partial charge in [-0.3, -0.25) is 0 Å². The second-order valence-electron chi connectivity index (χ2n) is 5.63. The maximum Gasteiger partial charge on any atom is 0.0509 e. The van der Waals surface area contributed by atoms with Crippen LogP contribution in [-0.2, 0) is 9.47 Å². The van der Waals surface area contributed by atoms with Crippen LogP contribution in [0.15, 0.2) is 0 Å². The molecular formula is C14H27NO2. The Hall–Kier alpha value is -0.120. The highest BCUT2D eigenvalue weighted by Gasteiger charge is 2.22. The Morgan fingerprint density at radius 3 is 2.47 bits per heavy atom. The first-order valence-corrected chi connectivity index (χ1v) is 7.27. The maximum atomic E-state index is 6.20. The number of hydrogen-bond donors (Lipinski definition) is 1. The smallest absolute Gasteiger partial charge is 0.0509 e. The van der Waals surface area contributed by atoms with Gasteiger partial charge in [-0.25, -0.2) is 0 Å². The first kappa shape index (κ1) is 13.3. The molecule has 0 aliphatic carbocycles. The zero-order valence-electron chi connectivity index (χ0n) is 10.9. The average Bonchev–Trinajstić information content (AvgIpc) is 2.89. The van der Waals surface area contributed by atoms with Crippen molar-refractivity contribution in [3.8, 4) is 0 Å². The summed E-state index contributed by atoms with van der Waals surface area (Å²) in [4.78, 5) is 0. The number of hydrogen-bond acceptors (Lipinski definition) is 3. The molecule has 2 N–H and O–H groups in total. The van der Waals surface area contributed by atoms with E-state index in [4.69, 9.17) is 15.2 Å². The molecular weight excluding hydrogens is 214 g/mol. The number of nitrogens with two attached hydrogens (primary N) is 1. The van der Waals surface area contributed by atoms with E-state index in [-0.39, 0.29) is 0 Å². The monoisotopic (exact) mass is 241 g/mol. The van der Waals surface area contributed by atoms with E-state index in [1.807, 2.05) is 0 Å². The van der Waals surface area contributed by atoms with Crippen molar-refractivity contribution in [1.29, 1.82) is 0 Å². The van der Waals surface area contributed by atoms with Gasteiger partial charge in [0.15, 0.2) is 0 Å². The van der Waals surface area contributed by atoms with Crippen molar-refractivity contribution < 1.29 is 9.47 Å². The van der Waals surface area contributed by atoms with E-state index in [0.29, 0.717) is 12.0 Å². The van der Waals surface area contributed by atoms with Crippen molar-refractivity contribution in [2.75, 3.05) is 26.4 Å². The molecule has 0 bridgehead atoms. The molecule has 2 aliphatic rings. The fourth-order valence-corrected chi connectivity index (χ4v) is 2.97. The largest absolute Gasteiger partial charge is 0.381 e. The van der Waals surface area contributed by atoms with Gasteiger partial charge in [0.2, 0.25) is 0 Å². The van der Waals surface area contributed by atoms with Gasteiger partial charge in [0.25, 0.3) is 0 Å². The first-order valence-electron chi connectivity index (χ1n) is 7.27. The summed E-state index contributed by atoms with van der Waals surface area (Å²) in [5.74, 6) is 1.54. The standard InChI is InChI=1S/C14H27NO2/c15-14(13-7-10-17-11-13)4-2-1-3-12-5-8-16-9-6-12/h12-14H,1-11,15H2. The highest BCUT2D eigenvalue weighted by atomic mass is 16.5. The molecule has 2 unspecified atom stereocenters. The van der Waals surface area contributed by atoms with E-state index < -0.39 is 0 Å². The van der Waals surface area contributed by atoms with E-state index in [1.165, 1.54) is 44.9 Å². The van der Waals surface area contributed by atoms with Crippen LogP contribution in [-0.4, -0.2) is 32.5 Å². The summed E-state index contributed by atoms with van der Waals surface area (Å²) in [7, 11) is 0. The molecule has 2 atom stereocenters. The summed E-state index contributed by atoms with van der Waals surface area (Å²) in [5, 5.41) is 0. The van der Waals surface area contributed by atoms with E-state index >= 15 is 0 Å². The Morgan fingerprint density at radius 1 is 1.00 bits per heavy atom. The summed E-state index contributed by atoms with van der Waals surface area (Å²) in [6.45, 7) is 3.76. The molecule has 17 heavy (non-hydrogen) atoms. The molecule has 0 amide bonds. The van der Waals surface area contributed by atoms with Crippen LogP contribution >= 0.6 is 0 Å². The zero-order valence-corrected chi connectivity index (χ0v) is 10.9. The van der Waals surface area contributed by atoms with Gasteiger partial charge < -0.3 is 15.2 Å². The Kier molecular flexibility index (Phi) is 5.75. The highest BCUT2D eigenvalue weighted by molar-refractivity contribution is 4.76. The van der Waals surface area contributed by atoms with Crippen LogP contribution in [0.4, 0.5) is 0 Å². The molecule has 0 saturated carbocycles. The molecule has 0 aromatic carbocycles. The molecule has 2 fully saturated rings. The summed E-state index contributed by atoms with van der Waals surface area (Å²) in [6.07, 6.45) is 8.88. The lowest BCUT2D eigenvalue weighted by molar-refractivity contribution is 0.0630. The topological polar surface area (TPSA) is 44.5 Å². The SMILES string of the molecule is NC(CCCCC1CCOCC1)C1CCOC1. The maximum absolute atomic E-state index is 6.20. The van der Waals surface area contributed by atoms with Gasteiger partial charge in [-0.2, -0.15) is 0 Å². The summed E-state index contributed by atoms with van der Waals surface area (Å²) >= 11 is 0. The lowest BCUT2D eigenvalue weighted by Crippen LogP contribution is -2.30. The van der Waals surface area contributed by atoms with E-state index in [9.17, 15) is 0 Å². The van der Waals surface area contributed by atoms with Gasteiger partial charge in [0.05, 0.1) is 6.61 Å². The summed E-state index contributed by atoms with van der Waals surface area (Å²) in [6, 6.07) is 0.368. The Bertz CT molecular complexity index is 198. The van der Waals surface area contributed by atoms with Crippen molar-refractivity contribution in [2.45, 2.75) is 51.0 Å². The van der Waals surface area contributed by atoms with Crippen LogP contribution in [0.25, 0.3) is 0 Å². The Morgan fingerprint density at radius 2 is 1.76 bits per heavy atom. The van der Waals surface area contributed by atoms with Crippen LogP contribution < -0.4 is 5.73 Å². The summed E-state index contributed by atoms with van der Waals surface area (Å²) in [5.41, 5.74) is 6.20. The third kappa shape index (κ3) is 4.57. The molecule has 0 aromatic heterocycles. The third-order valence-electron chi connectivity index (χ3n) is 4.31. The molecule has 2 saturated heterocycles. The van der Waals surface area contributed by atoms with Gasteiger partial charge in [-0.15, -0.1) is 0 Å². The van der Waals surface area contributed by atoms with Crippen molar-refractivity contribution in [2.24, 2.45) is 17.6 Å². The minimum Gasteiger partial charge on any atom is -0.381 e. The minimum atomic E-state index is 0.368. The van der Waals surface area contributed by atoms with Crippen LogP contribution in [0, 0.1) is 11.8 Å². The number of unbranched alkanes of at least 4 members (excludes halogenated alkanes) is 1. The molecule has 3 heteroatoms. The van der Waals surface area contributed by atoms with Crippen LogP contribution in [0.2, 0.25) is 0 Å². The molecule has 0 radical (unpaired) electrons. The fourth-order valence-electron chi connectivity index (χ4n) is 2.97. The van der Waals surface area contributed by atoms with Crippen molar-refractivity contribution in [3.05, 3.63) is 0 Å². The molecule has 2 aliphatic heterocycles. The van der Waals surface area contributed by atoms with E-state index in [1.54, 1.807) is 0 Å². The average molecular weight is 241 g/mol. The lowest BCUT2D eigenvalue weighted by Gasteiger charge is -2.22. The highest BCUT2D eigenvalue weighted by Crippen LogP contribution is 2.23. The second-order valence-corrected chi connectivity index (χ2v) is 5.63. The van der Waals surface area contributed by atoms with Gasteiger partial charge in [0.1, 0.15) is 0 Å². The third-order valence-corrected chi connectivity index (χ3v) is 4.31. The second kappa shape index (κ2) is 7.34. The normalized spacial score (nSPS) is 28.4.